The maximum absolute atomic E-state index is 11.9. The summed E-state index contributed by atoms with van der Waals surface area (Å²) in [6, 6.07) is 7.26. The number of hydrogen-bond donors (Lipinski definition) is 2. The number of amides is 1. The fourth-order valence-electron chi connectivity index (χ4n) is 1.57. The van der Waals surface area contributed by atoms with Crippen LogP contribution in [0.5, 0.6) is 0 Å². The SMILES string of the molecule is O=C(Cn1ccnn1)Nc1ccccc1C#CCCO. The smallest absolute Gasteiger partial charge is 0.246 e. The number of carbonyl (C=O) groups is 1. The number of aliphatic hydroxyl groups excluding tert-OH is 1. The van der Waals surface area contributed by atoms with Crippen molar-refractivity contribution in [2.24, 2.45) is 0 Å². The Hall–Kier alpha value is -2.65. The molecule has 0 aliphatic rings. The van der Waals surface area contributed by atoms with Gasteiger partial charge in [-0.25, -0.2) is 4.68 Å². The van der Waals surface area contributed by atoms with Gasteiger partial charge < -0.3 is 10.4 Å². The van der Waals surface area contributed by atoms with Crippen molar-refractivity contribution in [1.82, 2.24) is 15.0 Å². The largest absolute Gasteiger partial charge is 0.395 e. The summed E-state index contributed by atoms with van der Waals surface area (Å²) in [5.74, 6) is 5.55. The molecular weight excluding hydrogens is 256 g/mol. The predicted octanol–water partition coefficient (Wildman–Crippen LogP) is 0.651. The zero-order valence-corrected chi connectivity index (χ0v) is 10.8. The summed E-state index contributed by atoms with van der Waals surface area (Å²) in [6.07, 6.45) is 3.54. The molecule has 1 amide bonds. The lowest BCUT2D eigenvalue weighted by molar-refractivity contribution is -0.116. The molecule has 0 bridgehead atoms. The molecule has 2 aromatic rings. The van der Waals surface area contributed by atoms with Crippen LogP contribution in [0.15, 0.2) is 36.7 Å². The number of anilines is 1. The summed E-state index contributed by atoms with van der Waals surface area (Å²) in [6.45, 7) is 0.117. The first-order valence-corrected chi connectivity index (χ1v) is 6.12. The highest BCUT2D eigenvalue weighted by Gasteiger charge is 2.06. The highest BCUT2D eigenvalue weighted by molar-refractivity contribution is 5.91. The zero-order chi connectivity index (χ0) is 14.2. The Labute approximate surface area is 116 Å². The van der Waals surface area contributed by atoms with E-state index in [1.807, 2.05) is 18.2 Å². The molecule has 1 aromatic heterocycles. The van der Waals surface area contributed by atoms with E-state index in [4.69, 9.17) is 5.11 Å². The summed E-state index contributed by atoms with van der Waals surface area (Å²) in [5, 5.41) is 18.9. The van der Waals surface area contributed by atoms with Crippen molar-refractivity contribution in [1.29, 1.82) is 0 Å². The predicted molar refractivity (Wildman–Crippen MR) is 73.7 cm³/mol. The van der Waals surface area contributed by atoms with Crippen molar-refractivity contribution in [3.05, 3.63) is 42.2 Å². The van der Waals surface area contributed by atoms with E-state index in [2.05, 4.69) is 27.5 Å². The van der Waals surface area contributed by atoms with Crippen molar-refractivity contribution in [3.8, 4) is 11.8 Å². The van der Waals surface area contributed by atoms with E-state index in [-0.39, 0.29) is 19.1 Å². The molecule has 0 unspecified atom stereocenters. The lowest BCUT2D eigenvalue weighted by Crippen LogP contribution is -2.19. The molecule has 102 valence electrons. The number of para-hydroxylation sites is 1. The number of aromatic nitrogens is 3. The molecule has 6 heteroatoms. The van der Waals surface area contributed by atoms with Crippen LogP contribution in [-0.4, -0.2) is 32.6 Å². The molecule has 0 atom stereocenters. The molecular formula is C14H14N4O2. The van der Waals surface area contributed by atoms with Gasteiger partial charge in [-0.05, 0) is 12.1 Å². The van der Waals surface area contributed by atoms with Gasteiger partial charge >= 0.3 is 0 Å². The Bertz CT molecular complexity index is 626. The van der Waals surface area contributed by atoms with Gasteiger partial charge in [-0.15, -0.1) is 5.10 Å². The molecule has 0 aliphatic carbocycles. The molecule has 0 fully saturated rings. The number of benzene rings is 1. The summed E-state index contributed by atoms with van der Waals surface area (Å²) in [5.41, 5.74) is 1.36. The van der Waals surface area contributed by atoms with Gasteiger partial charge in [0.2, 0.25) is 5.91 Å². The third-order valence-corrected chi connectivity index (χ3v) is 2.44. The minimum atomic E-state index is -0.202. The third-order valence-electron chi connectivity index (χ3n) is 2.44. The van der Waals surface area contributed by atoms with Gasteiger partial charge in [0, 0.05) is 18.2 Å². The Morgan fingerprint density at radius 3 is 3.00 bits per heavy atom. The molecule has 2 N–H and O–H groups in total. The van der Waals surface area contributed by atoms with Gasteiger partial charge in [0.25, 0.3) is 0 Å². The van der Waals surface area contributed by atoms with Crippen LogP contribution in [0.2, 0.25) is 0 Å². The van der Waals surface area contributed by atoms with E-state index >= 15 is 0 Å². The molecule has 0 radical (unpaired) electrons. The van der Waals surface area contributed by atoms with Gasteiger partial charge in [0.05, 0.1) is 18.5 Å². The molecule has 6 nitrogen and oxygen atoms in total. The standard InChI is InChI=1S/C14H14N4O2/c19-10-4-3-6-12-5-1-2-7-13(12)16-14(20)11-18-9-8-15-17-18/h1-2,5,7-9,19H,4,10-11H2,(H,16,20). The van der Waals surface area contributed by atoms with E-state index in [0.717, 1.165) is 0 Å². The molecule has 0 saturated carbocycles. The fraction of sp³-hybridized carbons (Fsp3) is 0.214. The summed E-state index contributed by atoms with van der Waals surface area (Å²) >= 11 is 0. The van der Waals surface area contributed by atoms with Crippen LogP contribution < -0.4 is 5.32 Å². The highest BCUT2D eigenvalue weighted by Crippen LogP contribution is 2.13. The summed E-state index contributed by atoms with van der Waals surface area (Å²) in [7, 11) is 0. The highest BCUT2D eigenvalue weighted by atomic mass is 16.2. The molecule has 0 saturated heterocycles. The zero-order valence-electron chi connectivity index (χ0n) is 10.8. The molecule has 1 heterocycles. The average Bonchev–Trinajstić information content (AvgIpc) is 2.93. The Morgan fingerprint density at radius 2 is 2.25 bits per heavy atom. The second kappa shape index (κ2) is 7.07. The van der Waals surface area contributed by atoms with Crippen LogP contribution in [-0.2, 0) is 11.3 Å². The van der Waals surface area contributed by atoms with Crippen molar-refractivity contribution in [2.45, 2.75) is 13.0 Å². The van der Waals surface area contributed by atoms with Crippen LogP contribution in [0.3, 0.4) is 0 Å². The molecule has 0 aliphatic heterocycles. The van der Waals surface area contributed by atoms with Crippen molar-refractivity contribution < 1.29 is 9.90 Å². The maximum atomic E-state index is 11.9. The first-order chi connectivity index (χ1) is 9.79. The first-order valence-electron chi connectivity index (χ1n) is 6.12. The van der Waals surface area contributed by atoms with Crippen molar-refractivity contribution in [2.75, 3.05) is 11.9 Å². The van der Waals surface area contributed by atoms with Crippen LogP contribution in [0.25, 0.3) is 0 Å². The van der Waals surface area contributed by atoms with Crippen molar-refractivity contribution >= 4 is 11.6 Å². The monoisotopic (exact) mass is 270 g/mol. The van der Waals surface area contributed by atoms with E-state index in [9.17, 15) is 4.79 Å². The number of nitrogens with one attached hydrogen (secondary N) is 1. The van der Waals surface area contributed by atoms with Gasteiger partial charge in [-0.1, -0.05) is 29.2 Å². The minimum absolute atomic E-state index is 0.0217. The number of rotatable bonds is 4. The van der Waals surface area contributed by atoms with Gasteiger partial charge in [0.1, 0.15) is 6.54 Å². The Kier molecular flexibility index (Phi) is 4.87. The molecule has 1 aromatic carbocycles. The normalized spacial score (nSPS) is 9.65. The van der Waals surface area contributed by atoms with Gasteiger partial charge in [-0.2, -0.15) is 0 Å². The lowest BCUT2D eigenvalue weighted by Gasteiger charge is -2.07. The molecule has 2 rings (SSSR count). The summed E-state index contributed by atoms with van der Waals surface area (Å²) < 4.78 is 1.44. The minimum Gasteiger partial charge on any atom is -0.395 e. The number of aliphatic hydroxyl groups is 1. The van der Waals surface area contributed by atoms with Gasteiger partial charge in [0.15, 0.2) is 0 Å². The fourth-order valence-corrected chi connectivity index (χ4v) is 1.57. The quantitative estimate of drug-likeness (QED) is 0.799. The maximum Gasteiger partial charge on any atom is 0.246 e. The first kappa shape index (κ1) is 13.8. The van der Waals surface area contributed by atoms with Gasteiger partial charge in [-0.3, -0.25) is 4.79 Å². The summed E-state index contributed by atoms with van der Waals surface area (Å²) in [4.78, 5) is 11.9. The van der Waals surface area contributed by atoms with E-state index < -0.39 is 0 Å². The van der Waals surface area contributed by atoms with E-state index in [0.29, 0.717) is 17.7 Å². The van der Waals surface area contributed by atoms with Crippen LogP contribution in [0, 0.1) is 11.8 Å². The van der Waals surface area contributed by atoms with E-state index in [1.54, 1.807) is 12.3 Å². The van der Waals surface area contributed by atoms with E-state index in [1.165, 1.54) is 10.9 Å². The van der Waals surface area contributed by atoms with Crippen LogP contribution >= 0.6 is 0 Å². The number of nitrogens with zero attached hydrogens (tertiary/aromatic N) is 3. The Balaban J connectivity index is 2.05. The van der Waals surface area contributed by atoms with Crippen LogP contribution in [0.4, 0.5) is 5.69 Å². The number of carbonyl (C=O) groups excluding carboxylic acids is 1. The van der Waals surface area contributed by atoms with Crippen molar-refractivity contribution in [3.63, 3.8) is 0 Å². The Morgan fingerprint density at radius 1 is 1.40 bits per heavy atom. The number of hydrogen-bond acceptors (Lipinski definition) is 4. The lowest BCUT2D eigenvalue weighted by atomic mass is 10.1. The second-order valence-corrected chi connectivity index (χ2v) is 3.97. The molecule has 0 spiro atoms. The molecule has 20 heavy (non-hydrogen) atoms. The average molecular weight is 270 g/mol. The third kappa shape index (κ3) is 3.93. The second-order valence-electron chi connectivity index (χ2n) is 3.97. The topological polar surface area (TPSA) is 80.0 Å². The van der Waals surface area contributed by atoms with Crippen LogP contribution in [0.1, 0.15) is 12.0 Å².